The molecule has 0 amide bonds. The van der Waals surface area contributed by atoms with Gasteiger partial charge < -0.3 is 9.84 Å². The summed E-state index contributed by atoms with van der Waals surface area (Å²) in [4.78, 5) is 16.9. The van der Waals surface area contributed by atoms with Gasteiger partial charge >= 0.3 is 0 Å². The highest BCUT2D eigenvalue weighted by molar-refractivity contribution is 6.32. The number of aromatic nitrogens is 2. The lowest BCUT2D eigenvalue weighted by Gasteiger charge is -2.13. The van der Waals surface area contributed by atoms with Crippen LogP contribution in [0.1, 0.15) is 16.7 Å². The smallest absolute Gasteiger partial charge is 0.281 e. The molecule has 0 aliphatic carbocycles. The van der Waals surface area contributed by atoms with E-state index in [9.17, 15) is 15.2 Å². The minimum atomic E-state index is -0.578. The van der Waals surface area contributed by atoms with Gasteiger partial charge in [-0.25, -0.2) is 0 Å². The summed E-state index contributed by atoms with van der Waals surface area (Å²) >= 11 is 6.08. The average Bonchev–Trinajstić information content (AvgIpc) is 2.72. The van der Waals surface area contributed by atoms with E-state index in [1.54, 1.807) is 42.7 Å². The molecule has 2 aromatic heterocycles. The quantitative estimate of drug-likeness (QED) is 0.632. The Morgan fingerprint density at radius 3 is 2.76 bits per heavy atom. The molecule has 29 heavy (non-hydrogen) atoms. The predicted octanol–water partition coefficient (Wildman–Crippen LogP) is 4.25. The maximum atomic E-state index is 12.9. The van der Waals surface area contributed by atoms with Gasteiger partial charge in [-0.15, -0.1) is 5.11 Å². The first-order valence-electron chi connectivity index (χ1n) is 8.47. The fourth-order valence-electron chi connectivity index (χ4n) is 2.70. The second kappa shape index (κ2) is 8.54. The van der Waals surface area contributed by atoms with Gasteiger partial charge in [-0.05, 0) is 36.8 Å². The molecular weight excluding hydrogens is 394 g/mol. The third kappa shape index (κ3) is 4.10. The summed E-state index contributed by atoms with van der Waals surface area (Å²) in [5.41, 5.74) is 0.653. The Morgan fingerprint density at radius 2 is 2.14 bits per heavy atom. The number of benzene rings is 1. The molecule has 2 heterocycles. The highest BCUT2D eigenvalue weighted by Crippen LogP contribution is 2.31. The first-order valence-corrected chi connectivity index (χ1v) is 8.84. The van der Waals surface area contributed by atoms with Crippen LogP contribution in [-0.4, -0.2) is 21.8 Å². The standard InChI is InChI=1S/C20H16ClN5O3/c1-12-15(9-22)19(27)26(11-13-4-3-7-23-10-13)20(28)18(12)25-24-14-5-6-17(29-2)16(21)8-14/h3-8,10,27H,11H2,1-2H3. The van der Waals surface area contributed by atoms with Crippen LogP contribution in [0.3, 0.4) is 0 Å². The summed E-state index contributed by atoms with van der Waals surface area (Å²) in [6.07, 6.45) is 3.17. The maximum Gasteiger partial charge on any atom is 0.281 e. The molecule has 3 rings (SSSR count). The molecule has 0 saturated carbocycles. The van der Waals surface area contributed by atoms with E-state index in [2.05, 4.69) is 15.2 Å². The number of halogens is 1. The lowest BCUT2D eigenvalue weighted by atomic mass is 10.1. The van der Waals surface area contributed by atoms with Gasteiger partial charge in [0, 0.05) is 18.0 Å². The van der Waals surface area contributed by atoms with Crippen LogP contribution in [0.5, 0.6) is 11.6 Å². The minimum absolute atomic E-state index is 0.0321. The second-order valence-electron chi connectivity index (χ2n) is 6.06. The Kier molecular flexibility index (Phi) is 5.90. The molecule has 0 unspecified atom stereocenters. The van der Waals surface area contributed by atoms with Crippen molar-refractivity contribution >= 4 is 23.0 Å². The van der Waals surface area contributed by atoms with E-state index in [0.29, 0.717) is 22.0 Å². The zero-order chi connectivity index (χ0) is 21.0. The Balaban J connectivity index is 2.09. The van der Waals surface area contributed by atoms with Gasteiger partial charge in [-0.3, -0.25) is 14.3 Å². The first-order chi connectivity index (χ1) is 14.0. The Hall–Kier alpha value is -3.70. The van der Waals surface area contributed by atoms with Crippen LogP contribution in [0.2, 0.25) is 5.02 Å². The van der Waals surface area contributed by atoms with Crippen molar-refractivity contribution in [2.45, 2.75) is 13.5 Å². The van der Waals surface area contributed by atoms with Crippen molar-refractivity contribution in [1.82, 2.24) is 9.55 Å². The van der Waals surface area contributed by atoms with Gasteiger partial charge in [-0.2, -0.15) is 10.4 Å². The second-order valence-corrected chi connectivity index (χ2v) is 6.46. The van der Waals surface area contributed by atoms with E-state index in [4.69, 9.17) is 16.3 Å². The predicted molar refractivity (Wildman–Crippen MR) is 107 cm³/mol. The minimum Gasteiger partial charge on any atom is -0.495 e. The van der Waals surface area contributed by atoms with E-state index in [1.165, 1.54) is 14.0 Å². The van der Waals surface area contributed by atoms with Crippen molar-refractivity contribution < 1.29 is 9.84 Å². The van der Waals surface area contributed by atoms with Crippen molar-refractivity contribution in [2.75, 3.05) is 7.11 Å². The lowest BCUT2D eigenvalue weighted by molar-refractivity contribution is 0.412. The first kappa shape index (κ1) is 20.0. The van der Waals surface area contributed by atoms with E-state index in [0.717, 1.165) is 4.57 Å². The molecule has 146 valence electrons. The number of nitriles is 1. The average molecular weight is 410 g/mol. The molecule has 0 spiro atoms. The molecule has 0 fully saturated rings. The van der Waals surface area contributed by atoms with Gasteiger partial charge in [0.1, 0.15) is 17.4 Å². The maximum absolute atomic E-state index is 12.9. The molecule has 0 bridgehead atoms. The zero-order valence-corrected chi connectivity index (χ0v) is 16.4. The van der Waals surface area contributed by atoms with E-state index < -0.39 is 11.4 Å². The lowest BCUT2D eigenvalue weighted by Crippen LogP contribution is -2.22. The van der Waals surface area contributed by atoms with Gasteiger partial charge in [-0.1, -0.05) is 17.7 Å². The van der Waals surface area contributed by atoms with Crippen LogP contribution in [0, 0.1) is 18.3 Å². The molecule has 1 N–H and O–H groups in total. The molecule has 0 atom stereocenters. The fourth-order valence-corrected chi connectivity index (χ4v) is 2.96. The summed E-state index contributed by atoms with van der Waals surface area (Å²) in [5, 5.41) is 28.3. The number of pyridine rings is 2. The van der Waals surface area contributed by atoms with Crippen LogP contribution in [0.25, 0.3) is 0 Å². The highest BCUT2D eigenvalue weighted by atomic mass is 35.5. The largest absolute Gasteiger partial charge is 0.495 e. The van der Waals surface area contributed by atoms with Crippen molar-refractivity contribution in [3.05, 3.63) is 74.8 Å². The van der Waals surface area contributed by atoms with Gasteiger partial charge in [0.15, 0.2) is 5.69 Å². The summed E-state index contributed by atoms with van der Waals surface area (Å²) in [7, 11) is 1.50. The van der Waals surface area contributed by atoms with Crippen molar-refractivity contribution in [3.63, 3.8) is 0 Å². The molecule has 0 radical (unpaired) electrons. The number of hydrogen-bond donors (Lipinski definition) is 1. The zero-order valence-electron chi connectivity index (χ0n) is 15.6. The molecule has 8 nitrogen and oxygen atoms in total. The molecule has 0 aliphatic rings. The van der Waals surface area contributed by atoms with Crippen LogP contribution in [-0.2, 0) is 6.54 Å². The van der Waals surface area contributed by atoms with E-state index >= 15 is 0 Å². The number of azo groups is 1. The highest BCUT2D eigenvalue weighted by Gasteiger charge is 2.19. The van der Waals surface area contributed by atoms with Crippen molar-refractivity contribution in [2.24, 2.45) is 10.2 Å². The number of ether oxygens (including phenoxy) is 1. The third-order valence-electron chi connectivity index (χ3n) is 4.23. The third-order valence-corrected chi connectivity index (χ3v) is 4.53. The van der Waals surface area contributed by atoms with Gasteiger partial charge in [0.25, 0.3) is 5.56 Å². The molecule has 3 aromatic rings. The van der Waals surface area contributed by atoms with Gasteiger partial charge in [0.2, 0.25) is 5.88 Å². The van der Waals surface area contributed by atoms with Crippen LogP contribution in [0.4, 0.5) is 11.4 Å². The summed E-state index contributed by atoms with van der Waals surface area (Å²) < 4.78 is 6.16. The fraction of sp³-hybridized carbons (Fsp3) is 0.150. The summed E-state index contributed by atoms with van der Waals surface area (Å²) in [5.74, 6) is 0.0577. The Morgan fingerprint density at radius 1 is 1.34 bits per heavy atom. The number of nitrogens with zero attached hydrogens (tertiary/aromatic N) is 5. The molecule has 9 heteroatoms. The SMILES string of the molecule is COc1ccc(N=Nc2c(C)c(C#N)c(O)n(Cc3cccnc3)c2=O)cc1Cl. The molecule has 0 saturated heterocycles. The molecular formula is C20H16ClN5O3. The summed E-state index contributed by atoms with van der Waals surface area (Å²) in [6, 6.07) is 10.2. The van der Waals surface area contributed by atoms with Crippen LogP contribution in [0.15, 0.2) is 57.7 Å². The number of methoxy groups -OCH3 is 1. The topological polar surface area (TPSA) is 113 Å². The number of hydrogen-bond acceptors (Lipinski definition) is 7. The van der Waals surface area contributed by atoms with Gasteiger partial charge in [0.05, 0.1) is 24.4 Å². The van der Waals surface area contributed by atoms with Crippen molar-refractivity contribution in [3.8, 4) is 17.7 Å². The molecule has 0 aliphatic heterocycles. The normalized spacial score (nSPS) is 10.8. The van der Waals surface area contributed by atoms with Crippen LogP contribution >= 0.6 is 11.6 Å². The Labute approximate surface area is 171 Å². The van der Waals surface area contributed by atoms with Crippen molar-refractivity contribution in [1.29, 1.82) is 5.26 Å². The number of rotatable bonds is 5. The number of aromatic hydroxyl groups is 1. The van der Waals surface area contributed by atoms with E-state index in [1.807, 2.05) is 6.07 Å². The monoisotopic (exact) mass is 409 g/mol. The van der Waals surface area contributed by atoms with Crippen LogP contribution < -0.4 is 10.3 Å². The molecule has 1 aromatic carbocycles. The summed E-state index contributed by atoms with van der Waals surface area (Å²) in [6.45, 7) is 1.56. The van der Waals surface area contributed by atoms with E-state index in [-0.39, 0.29) is 23.4 Å². The Bertz CT molecular complexity index is 1180.